The maximum absolute atomic E-state index is 12.3. The first-order valence-corrected chi connectivity index (χ1v) is 9.17. The van der Waals surface area contributed by atoms with Crippen LogP contribution in [0.25, 0.3) is 0 Å². The summed E-state index contributed by atoms with van der Waals surface area (Å²) in [6, 6.07) is 2.45. The zero-order valence-electron chi connectivity index (χ0n) is 14.8. The Morgan fingerprint density at radius 2 is 2.19 bits per heavy atom. The van der Waals surface area contributed by atoms with Gasteiger partial charge in [0.25, 0.3) is 5.69 Å². The van der Waals surface area contributed by atoms with Crippen LogP contribution < -0.4 is 9.84 Å². The lowest BCUT2D eigenvalue weighted by Gasteiger charge is -2.12. The molecule has 0 saturated heterocycles. The minimum atomic E-state index is -0.758. The number of aliphatic imine (C=N–C) groups is 1. The minimum Gasteiger partial charge on any atom is -0.867 e. The molecule has 0 bridgehead atoms. The first-order chi connectivity index (χ1) is 13.0. The Kier molecular flexibility index (Phi) is 5.41. The van der Waals surface area contributed by atoms with Crippen molar-refractivity contribution in [3.63, 3.8) is 0 Å². The van der Waals surface area contributed by atoms with Crippen LogP contribution in [0, 0.1) is 10.1 Å². The van der Waals surface area contributed by atoms with E-state index < -0.39 is 22.3 Å². The van der Waals surface area contributed by atoms with Gasteiger partial charge in [-0.15, -0.1) is 11.3 Å². The molecule has 1 aliphatic carbocycles. The van der Waals surface area contributed by atoms with Crippen LogP contribution in [0.3, 0.4) is 0 Å². The quantitative estimate of drug-likeness (QED) is 0.324. The van der Waals surface area contributed by atoms with E-state index in [9.17, 15) is 20.0 Å². The van der Waals surface area contributed by atoms with Crippen molar-refractivity contribution in [1.82, 2.24) is 0 Å². The molecule has 0 amide bonds. The average Bonchev–Trinajstić information content (AvgIpc) is 3.21. The number of methoxy groups -OCH3 is 1. The molecular weight excluding hydrogens is 372 g/mol. The van der Waals surface area contributed by atoms with Gasteiger partial charge in [-0.1, -0.05) is 0 Å². The van der Waals surface area contributed by atoms with Gasteiger partial charge in [-0.3, -0.25) is 10.1 Å². The Morgan fingerprint density at radius 3 is 2.85 bits per heavy atom. The minimum absolute atomic E-state index is 0.0180. The van der Waals surface area contributed by atoms with Gasteiger partial charge in [0.1, 0.15) is 10.8 Å². The Morgan fingerprint density at radius 1 is 1.41 bits per heavy atom. The molecule has 8 nitrogen and oxygen atoms in total. The third kappa shape index (κ3) is 3.63. The predicted molar refractivity (Wildman–Crippen MR) is 98.6 cm³/mol. The number of thiophene rings is 1. The van der Waals surface area contributed by atoms with Gasteiger partial charge in [-0.05, 0) is 49.1 Å². The number of nitro groups is 1. The summed E-state index contributed by atoms with van der Waals surface area (Å²) in [5.74, 6) is -1.02. The van der Waals surface area contributed by atoms with E-state index in [0.29, 0.717) is 10.6 Å². The SMILES string of the molecule is CCOC(=O)c1c(N=Cc2cc(OC)cc([N+](=O)[O-])c2[O-])sc2c1CCC2. The maximum atomic E-state index is 12.3. The van der Waals surface area contributed by atoms with Gasteiger partial charge in [-0.2, -0.15) is 0 Å². The molecule has 0 saturated carbocycles. The summed E-state index contributed by atoms with van der Waals surface area (Å²) < 4.78 is 10.2. The largest absolute Gasteiger partial charge is 0.867 e. The van der Waals surface area contributed by atoms with E-state index in [0.717, 1.165) is 35.8 Å². The molecule has 142 valence electrons. The van der Waals surface area contributed by atoms with E-state index >= 15 is 0 Å². The molecule has 1 aromatic heterocycles. The number of carbonyl (C=O) groups is 1. The van der Waals surface area contributed by atoms with Gasteiger partial charge in [0.15, 0.2) is 0 Å². The smallest absolute Gasteiger partial charge is 0.341 e. The lowest BCUT2D eigenvalue weighted by molar-refractivity contribution is -0.398. The van der Waals surface area contributed by atoms with Crippen LogP contribution in [0.1, 0.15) is 39.7 Å². The second-order valence-electron chi connectivity index (χ2n) is 5.84. The number of esters is 1. The normalized spacial score (nSPS) is 13.0. The van der Waals surface area contributed by atoms with Crippen LogP contribution in [0.15, 0.2) is 17.1 Å². The zero-order valence-corrected chi connectivity index (χ0v) is 15.6. The van der Waals surface area contributed by atoms with Gasteiger partial charge < -0.3 is 14.6 Å². The molecule has 2 aromatic rings. The lowest BCUT2D eigenvalue weighted by atomic mass is 10.1. The summed E-state index contributed by atoms with van der Waals surface area (Å²) in [5, 5.41) is 23.8. The fourth-order valence-electron chi connectivity index (χ4n) is 2.98. The molecule has 0 aliphatic heterocycles. The van der Waals surface area contributed by atoms with Crippen molar-refractivity contribution < 1.29 is 24.3 Å². The van der Waals surface area contributed by atoms with E-state index in [2.05, 4.69) is 4.99 Å². The highest BCUT2D eigenvalue weighted by atomic mass is 32.1. The monoisotopic (exact) mass is 389 g/mol. The van der Waals surface area contributed by atoms with Crippen molar-refractivity contribution in [3.8, 4) is 11.5 Å². The van der Waals surface area contributed by atoms with Gasteiger partial charge in [-0.25, -0.2) is 9.79 Å². The van der Waals surface area contributed by atoms with Gasteiger partial charge in [0, 0.05) is 11.1 Å². The summed E-state index contributed by atoms with van der Waals surface area (Å²) in [7, 11) is 1.35. The van der Waals surface area contributed by atoms with E-state index in [4.69, 9.17) is 9.47 Å². The second kappa shape index (κ2) is 7.75. The summed E-state index contributed by atoms with van der Waals surface area (Å²) in [6.45, 7) is 1.98. The average molecular weight is 389 g/mol. The summed E-state index contributed by atoms with van der Waals surface area (Å²) in [5.41, 5.74) is 0.805. The van der Waals surface area contributed by atoms with Crippen LogP contribution in [-0.2, 0) is 17.6 Å². The fourth-order valence-corrected chi connectivity index (χ4v) is 4.20. The summed E-state index contributed by atoms with van der Waals surface area (Å²) in [4.78, 5) is 28.0. The lowest BCUT2D eigenvalue weighted by Crippen LogP contribution is -2.06. The Balaban J connectivity index is 2.03. The first kappa shape index (κ1) is 18.8. The number of carbonyl (C=O) groups excluding carboxylic acids is 1. The molecule has 1 aromatic carbocycles. The molecule has 0 unspecified atom stereocenters. The molecule has 9 heteroatoms. The maximum Gasteiger partial charge on any atom is 0.341 e. The molecular formula is C18H17N2O6S-. The molecule has 1 heterocycles. The molecule has 27 heavy (non-hydrogen) atoms. The molecule has 1 aliphatic rings. The Labute approximate surface area is 159 Å². The number of rotatable bonds is 6. The number of hydrogen-bond acceptors (Lipinski definition) is 8. The van der Waals surface area contributed by atoms with Crippen molar-refractivity contribution in [2.75, 3.05) is 13.7 Å². The summed E-state index contributed by atoms with van der Waals surface area (Å²) >= 11 is 1.38. The van der Waals surface area contributed by atoms with Crippen molar-refractivity contribution in [1.29, 1.82) is 0 Å². The fraction of sp³-hybridized carbons (Fsp3) is 0.333. The van der Waals surface area contributed by atoms with Crippen LogP contribution in [0.4, 0.5) is 10.7 Å². The van der Waals surface area contributed by atoms with Crippen LogP contribution in [0.2, 0.25) is 0 Å². The van der Waals surface area contributed by atoms with Crippen molar-refractivity contribution in [2.24, 2.45) is 4.99 Å². The second-order valence-corrected chi connectivity index (χ2v) is 6.92. The molecule has 0 spiro atoms. The number of nitro benzene ring substituents is 1. The number of ether oxygens (including phenoxy) is 2. The van der Waals surface area contributed by atoms with Gasteiger partial charge in [0.05, 0.1) is 30.3 Å². The Bertz CT molecular complexity index is 934. The number of nitrogens with zero attached hydrogens (tertiary/aromatic N) is 2. The third-order valence-corrected chi connectivity index (χ3v) is 5.41. The molecule has 0 atom stereocenters. The highest BCUT2D eigenvalue weighted by Crippen LogP contribution is 2.41. The number of aryl methyl sites for hydroxylation is 1. The highest BCUT2D eigenvalue weighted by molar-refractivity contribution is 7.16. The Hall–Kier alpha value is -2.94. The highest BCUT2D eigenvalue weighted by Gasteiger charge is 2.27. The van der Waals surface area contributed by atoms with E-state index in [1.165, 1.54) is 30.7 Å². The first-order valence-electron chi connectivity index (χ1n) is 8.35. The molecule has 0 fully saturated rings. The molecule has 0 N–H and O–H groups in total. The van der Waals surface area contributed by atoms with Crippen LogP contribution >= 0.6 is 11.3 Å². The van der Waals surface area contributed by atoms with E-state index in [1.54, 1.807) is 6.92 Å². The van der Waals surface area contributed by atoms with Crippen LogP contribution in [-0.4, -0.2) is 30.8 Å². The molecule has 3 rings (SSSR count). The topological polar surface area (TPSA) is 114 Å². The van der Waals surface area contributed by atoms with Crippen molar-refractivity contribution >= 4 is 34.2 Å². The van der Waals surface area contributed by atoms with E-state index in [-0.39, 0.29) is 17.9 Å². The van der Waals surface area contributed by atoms with Crippen LogP contribution in [0.5, 0.6) is 11.5 Å². The van der Waals surface area contributed by atoms with E-state index in [1.807, 2.05) is 0 Å². The zero-order chi connectivity index (χ0) is 19.6. The predicted octanol–water partition coefficient (Wildman–Crippen LogP) is 3.15. The van der Waals surface area contributed by atoms with Crippen molar-refractivity contribution in [2.45, 2.75) is 26.2 Å². The van der Waals surface area contributed by atoms with Gasteiger partial charge in [0.2, 0.25) is 0 Å². The summed E-state index contributed by atoms with van der Waals surface area (Å²) in [6.07, 6.45) is 3.87. The number of hydrogen-bond donors (Lipinski definition) is 0. The van der Waals surface area contributed by atoms with Crippen molar-refractivity contribution in [3.05, 3.63) is 43.8 Å². The van der Waals surface area contributed by atoms with Gasteiger partial charge >= 0.3 is 5.97 Å². The standard InChI is InChI=1S/C18H18N2O6S/c1-3-26-18(22)15-12-5-4-6-14(12)27-17(15)19-9-10-7-11(25-2)8-13(16(10)21)20(23)24/h7-9,21H,3-6H2,1-2H3/p-1. The third-order valence-electron chi connectivity index (χ3n) is 4.21. The number of fused-ring (bicyclic) bond motifs is 1. The number of benzene rings is 1. The molecule has 0 radical (unpaired) electrons.